The molecule has 0 radical (unpaired) electrons. The molecule has 3 aromatic rings. The molecule has 0 aliphatic carbocycles. The van der Waals surface area contributed by atoms with Crippen LogP contribution in [0, 0.1) is 22.7 Å². The molecule has 0 spiro atoms. The quantitative estimate of drug-likeness (QED) is 0.241. The third kappa shape index (κ3) is 4.71. The summed E-state index contributed by atoms with van der Waals surface area (Å²) in [5, 5.41) is 19.0. The van der Waals surface area contributed by atoms with E-state index >= 15 is 0 Å². The molecule has 0 aromatic heterocycles. The Bertz CT molecular complexity index is 993. The lowest BCUT2D eigenvalue weighted by Crippen LogP contribution is -2.12. The van der Waals surface area contributed by atoms with E-state index in [1.54, 1.807) is 6.07 Å². The fourth-order valence-corrected chi connectivity index (χ4v) is 3.76. The van der Waals surface area contributed by atoms with Crippen molar-refractivity contribution in [2.24, 2.45) is 5.92 Å². The minimum Gasteiger partial charge on any atom is -0.398 e. The second kappa shape index (κ2) is 8.77. The van der Waals surface area contributed by atoms with Gasteiger partial charge >= 0.3 is 0 Å². The highest BCUT2D eigenvalue weighted by atomic mass is 35.5. The number of nitrogens with two attached hydrogens (primary N) is 1. The lowest BCUT2D eigenvalue weighted by Gasteiger charge is -2.15. The first-order chi connectivity index (χ1) is 13.1. The van der Waals surface area contributed by atoms with E-state index in [0.717, 1.165) is 21.6 Å². The molecule has 0 bridgehead atoms. The third-order valence-corrected chi connectivity index (χ3v) is 5.56. The van der Waals surface area contributed by atoms with Gasteiger partial charge in [0.25, 0.3) is 0 Å². The summed E-state index contributed by atoms with van der Waals surface area (Å²) in [7, 11) is 0. The van der Waals surface area contributed by atoms with Gasteiger partial charge in [0.15, 0.2) is 0 Å². The first-order valence-corrected chi connectivity index (χ1v) is 9.62. The summed E-state index contributed by atoms with van der Waals surface area (Å²) in [6.45, 7) is 0. The monoisotopic (exact) mass is 391 g/mol. The van der Waals surface area contributed by atoms with Crippen LogP contribution in [0.25, 0.3) is 11.1 Å². The first kappa shape index (κ1) is 19.0. The molecule has 3 aromatic carbocycles. The molecule has 1 unspecified atom stereocenters. The summed E-state index contributed by atoms with van der Waals surface area (Å²) in [4.78, 5) is 0.800. The van der Waals surface area contributed by atoms with Crippen LogP contribution in [0.1, 0.15) is 5.56 Å². The lowest BCUT2D eigenvalue weighted by atomic mass is 9.93. The van der Waals surface area contributed by atoms with Crippen molar-refractivity contribution in [2.75, 3.05) is 5.73 Å². The number of nitriles is 1. The van der Waals surface area contributed by atoms with Crippen molar-refractivity contribution in [1.82, 2.24) is 0 Å². The van der Waals surface area contributed by atoms with Crippen LogP contribution in [0.4, 0.5) is 5.69 Å². The van der Waals surface area contributed by atoms with E-state index in [1.165, 1.54) is 11.8 Å². The topological polar surface area (TPSA) is 73.7 Å². The maximum absolute atomic E-state index is 9.65. The highest BCUT2D eigenvalue weighted by Crippen LogP contribution is 2.31. The second-order valence-corrected chi connectivity index (χ2v) is 7.57. The fraction of sp³-hybridized carbons (Fsp3) is 0.0909. The van der Waals surface area contributed by atoms with Crippen LogP contribution < -0.4 is 5.73 Å². The number of para-hydroxylation sites is 1. The van der Waals surface area contributed by atoms with E-state index in [9.17, 15) is 5.26 Å². The van der Waals surface area contributed by atoms with Crippen LogP contribution in [0.3, 0.4) is 0 Å². The molecule has 0 aliphatic rings. The van der Waals surface area contributed by atoms with Crippen molar-refractivity contribution in [3.63, 3.8) is 0 Å². The van der Waals surface area contributed by atoms with Crippen LogP contribution in [-0.2, 0) is 6.42 Å². The number of nitrogen functional groups attached to an aromatic ring is 1. The van der Waals surface area contributed by atoms with E-state index in [0.29, 0.717) is 22.2 Å². The number of nitrogens with zero attached hydrogens (tertiary/aromatic N) is 1. The maximum atomic E-state index is 9.65. The largest absolute Gasteiger partial charge is 0.398 e. The van der Waals surface area contributed by atoms with Gasteiger partial charge in [0, 0.05) is 15.6 Å². The molecule has 0 fully saturated rings. The minimum absolute atomic E-state index is 0.293. The predicted molar refractivity (Wildman–Crippen MR) is 114 cm³/mol. The number of benzene rings is 3. The van der Waals surface area contributed by atoms with Gasteiger partial charge in [-0.3, -0.25) is 5.41 Å². The van der Waals surface area contributed by atoms with Crippen molar-refractivity contribution < 1.29 is 0 Å². The van der Waals surface area contributed by atoms with Gasteiger partial charge in [0.05, 0.1) is 17.0 Å². The average Bonchev–Trinajstić information content (AvgIpc) is 2.69. The molecule has 0 saturated carbocycles. The van der Waals surface area contributed by atoms with Crippen molar-refractivity contribution in [1.29, 1.82) is 10.7 Å². The third-order valence-electron chi connectivity index (χ3n) is 4.21. The molecule has 5 heteroatoms. The van der Waals surface area contributed by atoms with Crippen LogP contribution in [0.2, 0.25) is 5.02 Å². The van der Waals surface area contributed by atoms with Crippen molar-refractivity contribution in [2.45, 2.75) is 11.3 Å². The molecule has 134 valence electrons. The van der Waals surface area contributed by atoms with Crippen LogP contribution in [0.5, 0.6) is 0 Å². The van der Waals surface area contributed by atoms with Gasteiger partial charge in [-0.1, -0.05) is 71.9 Å². The number of halogens is 1. The highest BCUT2D eigenvalue weighted by Gasteiger charge is 2.19. The molecule has 3 N–H and O–H groups in total. The van der Waals surface area contributed by atoms with Gasteiger partial charge in [-0.2, -0.15) is 5.26 Å². The molecular weight excluding hydrogens is 374 g/mol. The standard InChI is InChI=1S/C22H18ClN3S/c23-18-11-9-15(10-12-18)19-6-2-1-5-16(19)13-17(14-24)22(26)27-21-8-4-3-7-20(21)25/h1-12,17,26H,13,25H2. The highest BCUT2D eigenvalue weighted by molar-refractivity contribution is 8.14. The van der Waals surface area contributed by atoms with Crippen molar-refractivity contribution >= 4 is 34.1 Å². The maximum Gasteiger partial charge on any atom is 0.0982 e. The van der Waals surface area contributed by atoms with Gasteiger partial charge < -0.3 is 5.73 Å². The molecule has 3 nitrogen and oxygen atoms in total. The summed E-state index contributed by atoms with van der Waals surface area (Å²) in [6.07, 6.45) is 0.466. The van der Waals surface area contributed by atoms with Gasteiger partial charge in [-0.05, 0) is 47.4 Å². The molecule has 0 heterocycles. The molecule has 0 saturated heterocycles. The zero-order chi connectivity index (χ0) is 19.2. The van der Waals surface area contributed by atoms with Gasteiger partial charge in [-0.15, -0.1) is 0 Å². The normalized spacial score (nSPS) is 11.6. The number of thioether (sulfide) groups is 1. The molecule has 27 heavy (non-hydrogen) atoms. The SMILES string of the molecule is N#CC(Cc1ccccc1-c1ccc(Cl)cc1)C(=N)Sc1ccccc1N. The van der Waals surface area contributed by atoms with Crippen LogP contribution >= 0.6 is 23.4 Å². The molecule has 0 aliphatic heterocycles. The van der Waals surface area contributed by atoms with Crippen LogP contribution in [0.15, 0.2) is 77.7 Å². The van der Waals surface area contributed by atoms with Crippen molar-refractivity contribution in [3.8, 4) is 17.2 Å². The smallest absolute Gasteiger partial charge is 0.0982 e. The Hall–Kier alpha value is -2.74. The molecule has 1 atom stereocenters. The van der Waals surface area contributed by atoms with Gasteiger partial charge in [0.2, 0.25) is 0 Å². The zero-order valence-corrected chi connectivity index (χ0v) is 16.1. The number of rotatable bonds is 5. The average molecular weight is 392 g/mol. The lowest BCUT2D eigenvalue weighted by molar-refractivity contribution is 0.871. The Labute approximate surface area is 168 Å². The first-order valence-electron chi connectivity index (χ1n) is 8.42. The summed E-state index contributed by atoms with van der Waals surface area (Å²) in [6, 6.07) is 25.3. The fourth-order valence-electron chi connectivity index (χ4n) is 2.79. The summed E-state index contributed by atoms with van der Waals surface area (Å²) >= 11 is 7.24. The van der Waals surface area contributed by atoms with Gasteiger partial charge in [-0.25, -0.2) is 0 Å². The Morgan fingerprint density at radius 3 is 2.41 bits per heavy atom. The van der Waals surface area contributed by atoms with E-state index < -0.39 is 5.92 Å². The number of nitrogens with one attached hydrogen (secondary N) is 1. The molecule has 3 rings (SSSR count). The van der Waals surface area contributed by atoms with Crippen molar-refractivity contribution in [3.05, 3.63) is 83.4 Å². The van der Waals surface area contributed by atoms with E-state index in [-0.39, 0.29) is 0 Å². The molecular formula is C22H18ClN3S. The van der Waals surface area contributed by atoms with Gasteiger partial charge in [0.1, 0.15) is 0 Å². The Kier molecular flexibility index (Phi) is 6.18. The summed E-state index contributed by atoms with van der Waals surface area (Å²) in [5.74, 6) is -0.539. The Morgan fingerprint density at radius 2 is 1.70 bits per heavy atom. The summed E-state index contributed by atoms with van der Waals surface area (Å²) in [5.41, 5.74) is 9.69. The summed E-state index contributed by atoms with van der Waals surface area (Å²) < 4.78 is 0. The van der Waals surface area contributed by atoms with E-state index in [2.05, 4.69) is 6.07 Å². The number of anilines is 1. The second-order valence-electron chi connectivity index (χ2n) is 6.05. The number of hydrogen-bond acceptors (Lipinski definition) is 4. The zero-order valence-electron chi connectivity index (χ0n) is 14.5. The van der Waals surface area contributed by atoms with E-state index in [4.69, 9.17) is 22.7 Å². The Balaban J connectivity index is 1.83. The Morgan fingerprint density at radius 1 is 1.04 bits per heavy atom. The predicted octanol–water partition coefficient (Wildman–Crippen LogP) is 6.04. The molecule has 0 amide bonds. The van der Waals surface area contributed by atoms with Crippen LogP contribution in [-0.4, -0.2) is 5.04 Å². The number of hydrogen-bond donors (Lipinski definition) is 2. The van der Waals surface area contributed by atoms with E-state index in [1.807, 2.05) is 66.7 Å². The minimum atomic E-state index is -0.539.